The second-order valence-electron chi connectivity index (χ2n) is 3.53. The smallest absolute Gasteiger partial charge is 0.181 e. The third-order valence-electron chi connectivity index (χ3n) is 2.33. The molecule has 72 valence electrons. The fourth-order valence-electron chi connectivity index (χ4n) is 1.19. The van der Waals surface area contributed by atoms with Crippen molar-refractivity contribution in [1.82, 2.24) is 9.55 Å². The normalized spacial score (nSPS) is 12.8. The van der Waals surface area contributed by atoms with Crippen LogP contribution >= 0.6 is 0 Å². The molecule has 0 saturated heterocycles. The summed E-state index contributed by atoms with van der Waals surface area (Å²) >= 11 is 0. The van der Waals surface area contributed by atoms with Crippen molar-refractivity contribution < 1.29 is 4.79 Å². The van der Waals surface area contributed by atoms with Gasteiger partial charge in [0.2, 0.25) is 0 Å². The van der Waals surface area contributed by atoms with E-state index in [0.29, 0.717) is 18.0 Å². The molecule has 0 aromatic carbocycles. The van der Waals surface area contributed by atoms with Gasteiger partial charge in [-0.15, -0.1) is 0 Å². The van der Waals surface area contributed by atoms with Crippen LogP contribution < -0.4 is 0 Å². The highest BCUT2D eigenvalue weighted by molar-refractivity contribution is 5.94. The lowest BCUT2D eigenvalue weighted by atomic mass is 10.0. The van der Waals surface area contributed by atoms with Gasteiger partial charge in [-0.05, 0) is 5.92 Å². The summed E-state index contributed by atoms with van der Waals surface area (Å²) in [5.41, 5.74) is 0.709. The largest absolute Gasteiger partial charge is 0.331 e. The van der Waals surface area contributed by atoms with Crippen LogP contribution in [0.15, 0.2) is 12.5 Å². The first-order valence-electron chi connectivity index (χ1n) is 4.64. The van der Waals surface area contributed by atoms with Gasteiger partial charge in [0.1, 0.15) is 5.69 Å². The van der Waals surface area contributed by atoms with E-state index in [-0.39, 0.29) is 5.78 Å². The summed E-state index contributed by atoms with van der Waals surface area (Å²) in [6, 6.07) is 0. The summed E-state index contributed by atoms with van der Waals surface area (Å²) in [6.45, 7) is 4.19. The van der Waals surface area contributed by atoms with Crippen molar-refractivity contribution in [2.75, 3.05) is 0 Å². The predicted octanol–water partition coefficient (Wildman–Crippen LogP) is 2.04. The Labute approximate surface area is 78.8 Å². The first kappa shape index (κ1) is 9.96. The van der Waals surface area contributed by atoms with Crippen LogP contribution in [0.3, 0.4) is 0 Å². The predicted molar refractivity (Wildman–Crippen MR) is 51.6 cm³/mol. The molecule has 0 amide bonds. The molecule has 0 radical (unpaired) electrons. The number of carbonyl (C=O) groups excluding carboxylic acids is 1. The van der Waals surface area contributed by atoms with Gasteiger partial charge in [0.15, 0.2) is 5.78 Å². The van der Waals surface area contributed by atoms with Gasteiger partial charge in [-0.3, -0.25) is 4.79 Å². The third-order valence-corrected chi connectivity index (χ3v) is 2.33. The second-order valence-corrected chi connectivity index (χ2v) is 3.53. The number of aromatic nitrogens is 2. The monoisotopic (exact) mass is 180 g/mol. The Morgan fingerprint density at radius 2 is 2.38 bits per heavy atom. The molecule has 0 aliphatic heterocycles. The number of rotatable bonds is 4. The number of imidazole rings is 1. The van der Waals surface area contributed by atoms with Crippen LogP contribution in [0.2, 0.25) is 0 Å². The fourth-order valence-corrected chi connectivity index (χ4v) is 1.19. The quantitative estimate of drug-likeness (QED) is 0.664. The van der Waals surface area contributed by atoms with Crippen molar-refractivity contribution in [3.05, 3.63) is 18.2 Å². The molecule has 0 saturated carbocycles. The molecule has 1 atom stereocenters. The molecule has 0 bridgehead atoms. The summed E-state index contributed by atoms with van der Waals surface area (Å²) in [4.78, 5) is 15.6. The molecule has 1 rings (SSSR count). The molecule has 0 N–H and O–H groups in total. The summed E-state index contributed by atoms with van der Waals surface area (Å²) in [5.74, 6) is 0.650. The lowest BCUT2D eigenvalue weighted by Gasteiger charge is -2.06. The number of Topliss-reactive ketones (excluding diaryl/α,β-unsaturated/α-hetero) is 1. The van der Waals surface area contributed by atoms with Crippen molar-refractivity contribution in [2.45, 2.75) is 26.7 Å². The van der Waals surface area contributed by atoms with Crippen molar-refractivity contribution in [1.29, 1.82) is 0 Å². The molecule has 3 heteroatoms. The van der Waals surface area contributed by atoms with E-state index < -0.39 is 0 Å². The van der Waals surface area contributed by atoms with Crippen LogP contribution in [0.25, 0.3) is 0 Å². The number of carbonyl (C=O) groups is 1. The molecule has 0 aliphatic carbocycles. The van der Waals surface area contributed by atoms with Gasteiger partial charge >= 0.3 is 0 Å². The fraction of sp³-hybridized carbons (Fsp3) is 0.600. The van der Waals surface area contributed by atoms with E-state index in [1.165, 1.54) is 0 Å². The van der Waals surface area contributed by atoms with E-state index in [0.717, 1.165) is 6.42 Å². The van der Waals surface area contributed by atoms with Crippen LogP contribution in [0.1, 0.15) is 37.2 Å². The number of aryl methyl sites for hydroxylation is 1. The van der Waals surface area contributed by atoms with Crippen LogP contribution in [0.5, 0.6) is 0 Å². The first-order valence-corrected chi connectivity index (χ1v) is 4.64. The summed E-state index contributed by atoms with van der Waals surface area (Å²) in [6.07, 6.45) is 4.95. The highest BCUT2D eigenvalue weighted by atomic mass is 16.1. The maximum absolute atomic E-state index is 11.6. The van der Waals surface area contributed by atoms with E-state index >= 15 is 0 Å². The molecule has 1 aromatic heterocycles. The molecule has 1 unspecified atom stereocenters. The van der Waals surface area contributed by atoms with Gasteiger partial charge in [-0.25, -0.2) is 4.98 Å². The van der Waals surface area contributed by atoms with E-state index in [1.54, 1.807) is 17.1 Å². The summed E-state index contributed by atoms with van der Waals surface area (Å²) in [7, 11) is 1.84. The molecule has 0 spiro atoms. The zero-order valence-corrected chi connectivity index (χ0v) is 8.45. The average molecular weight is 180 g/mol. The molecular weight excluding hydrogens is 164 g/mol. The van der Waals surface area contributed by atoms with Crippen molar-refractivity contribution >= 4 is 5.78 Å². The number of ketones is 1. The standard InChI is InChI=1S/C10H16N2O/c1-4-8(2)5-10(13)9-6-11-7-12(9)3/h6-8H,4-5H2,1-3H3. The maximum atomic E-state index is 11.6. The second kappa shape index (κ2) is 4.21. The number of nitrogens with zero attached hydrogens (tertiary/aromatic N) is 2. The molecule has 13 heavy (non-hydrogen) atoms. The van der Waals surface area contributed by atoms with Crippen LogP contribution in [0.4, 0.5) is 0 Å². The zero-order valence-electron chi connectivity index (χ0n) is 8.45. The van der Waals surface area contributed by atoms with Gasteiger partial charge < -0.3 is 4.57 Å². The van der Waals surface area contributed by atoms with E-state index in [2.05, 4.69) is 18.8 Å². The van der Waals surface area contributed by atoms with Crippen LogP contribution in [-0.2, 0) is 7.05 Å². The number of hydrogen-bond donors (Lipinski definition) is 0. The Balaban J connectivity index is 2.64. The van der Waals surface area contributed by atoms with Gasteiger partial charge in [0, 0.05) is 13.5 Å². The van der Waals surface area contributed by atoms with Gasteiger partial charge in [-0.1, -0.05) is 20.3 Å². The van der Waals surface area contributed by atoms with Crippen molar-refractivity contribution in [2.24, 2.45) is 13.0 Å². The van der Waals surface area contributed by atoms with Gasteiger partial charge in [0.05, 0.1) is 12.5 Å². The lowest BCUT2D eigenvalue weighted by Crippen LogP contribution is -2.09. The molecule has 1 heterocycles. The Kier molecular flexibility index (Phi) is 3.23. The maximum Gasteiger partial charge on any atom is 0.181 e. The molecule has 0 aliphatic rings. The van der Waals surface area contributed by atoms with Crippen LogP contribution in [0, 0.1) is 5.92 Å². The third kappa shape index (κ3) is 2.41. The average Bonchev–Trinajstić information content (AvgIpc) is 2.51. The highest BCUT2D eigenvalue weighted by Crippen LogP contribution is 2.11. The number of hydrogen-bond acceptors (Lipinski definition) is 2. The Hall–Kier alpha value is -1.12. The van der Waals surface area contributed by atoms with E-state index in [1.807, 2.05) is 7.05 Å². The van der Waals surface area contributed by atoms with E-state index in [4.69, 9.17) is 0 Å². The van der Waals surface area contributed by atoms with Crippen LogP contribution in [-0.4, -0.2) is 15.3 Å². The van der Waals surface area contributed by atoms with E-state index in [9.17, 15) is 4.79 Å². The zero-order chi connectivity index (χ0) is 9.84. The van der Waals surface area contributed by atoms with Crippen molar-refractivity contribution in [3.8, 4) is 0 Å². The minimum atomic E-state index is 0.189. The molecular formula is C10H16N2O. The summed E-state index contributed by atoms with van der Waals surface area (Å²) < 4.78 is 1.77. The van der Waals surface area contributed by atoms with Gasteiger partial charge in [-0.2, -0.15) is 0 Å². The Morgan fingerprint density at radius 1 is 1.69 bits per heavy atom. The Bertz CT molecular complexity index is 291. The molecule has 1 aromatic rings. The minimum absolute atomic E-state index is 0.189. The lowest BCUT2D eigenvalue weighted by molar-refractivity contribution is 0.0955. The first-order chi connectivity index (χ1) is 6.15. The summed E-state index contributed by atoms with van der Waals surface area (Å²) in [5, 5.41) is 0. The topological polar surface area (TPSA) is 34.9 Å². The van der Waals surface area contributed by atoms with Crippen molar-refractivity contribution in [3.63, 3.8) is 0 Å². The molecule has 3 nitrogen and oxygen atoms in total. The SMILES string of the molecule is CCC(C)CC(=O)c1cncn1C. The highest BCUT2D eigenvalue weighted by Gasteiger charge is 2.12. The Morgan fingerprint density at radius 3 is 2.85 bits per heavy atom. The molecule has 0 fully saturated rings. The minimum Gasteiger partial charge on any atom is -0.331 e. The van der Waals surface area contributed by atoms with Gasteiger partial charge in [0.25, 0.3) is 0 Å².